The van der Waals surface area contributed by atoms with Gasteiger partial charge >= 0.3 is 0 Å². The highest BCUT2D eigenvalue weighted by Crippen LogP contribution is 2.28. The first-order valence-electron chi connectivity index (χ1n) is 13.1. The van der Waals surface area contributed by atoms with Gasteiger partial charge in [0.25, 0.3) is 5.91 Å². The van der Waals surface area contributed by atoms with E-state index in [0.717, 1.165) is 54.2 Å². The molecule has 1 aliphatic carbocycles. The fraction of sp³-hybridized carbons (Fsp3) is 0.345. The molecule has 2 N–H and O–H groups in total. The van der Waals surface area contributed by atoms with Gasteiger partial charge in [0.15, 0.2) is 5.65 Å². The number of aromatic nitrogens is 3. The van der Waals surface area contributed by atoms with E-state index in [-0.39, 0.29) is 11.7 Å². The standard InChI is InChI=1S/C29H31FN6O/c1-19-12-15-35(16-13-19)18-22-5-4-21(17-26(22)30)25-3-2-14-36-27(25)33-29(34-36)32-24-8-6-20(7-9-24)28(37)31-23-10-11-23/h2-9,14,17,19,23H,10-13,15-16,18H2,1H3,(H,31,37)(H,32,34). The van der Waals surface area contributed by atoms with Crippen molar-refractivity contribution in [1.82, 2.24) is 24.8 Å². The van der Waals surface area contributed by atoms with E-state index in [4.69, 9.17) is 0 Å². The van der Waals surface area contributed by atoms with E-state index < -0.39 is 0 Å². The number of fused-ring (bicyclic) bond motifs is 1. The quantitative estimate of drug-likeness (QED) is 0.357. The number of amides is 1. The predicted octanol–water partition coefficient (Wildman–Crippen LogP) is 5.40. The maximum Gasteiger partial charge on any atom is 0.251 e. The topological polar surface area (TPSA) is 74.6 Å². The van der Waals surface area contributed by atoms with Gasteiger partial charge in [0.2, 0.25) is 5.95 Å². The summed E-state index contributed by atoms with van der Waals surface area (Å²) in [7, 11) is 0. The van der Waals surface area contributed by atoms with Gasteiger partial charge in [0, 0.05) is 41.2 Å². The van der Waals surface area contributed by atoms with E-state index in [1.807, 2.05) is 42.6 Å². The molecule has 0 spiro atoms. The van der Waals surface area contributed by atoms with Crippen LogP contribution in [0.5, 0.6) is 0 Å². The van der Waals surface area contributed by atoms with E-state index in [2.05, 4.69) is 32.5 Å². The normalized spacial score (nSPS) is 16.7. The number of nitrogens with zero attached hydrogens (tertiary/aromatic N) is 4. The van der Waals surface area contributed by atoms with Crippen LogP contribution in [0.15, 0.2) is 60.8 Å². The van der Waals surface area contributed by atoms with E-state index in [0.29, 0.717) is 29.7 Å². The Kier molecular flexibility index (Phi) is 6.34. The number of carbonyl (C=O) groups is 1. The first-order valence-corrected chi connectivity index (χ1v) is 13.1. The molecule has 2 aliphatic rings. The van der Waals surface area contributed by atoms with Gasteiger partial charge in [0.1, 0.15) is 5.82 Å². The van der Waals surface area contributed by atoms with E-state index >= 15 is 4.39 Å². The van der Waals surface area contributed by atoms with Crippen LogP contribution in [0.1, 0.15) is 48.5 Å². The van der Waals surface area contributed by atoms with Crippen LogP contribution in [0, 0.1) is 11.7 Å². The molecule has 4 aromatic rings. The van der Waals surface area contributed by atoms with Crippen LogP contribution in [-0.4, -0.2) is 44.5 Å². The van der Waals surface area contributed by atoms with Crippen LogP contribution < -0.4 is 10.6 Å². The molecule has 1 saturated heterocycles. The summed E-state index contributed by atoms with van der Waals surface area (Å²) in [6, 6.07) is 16.9. The van der Waals surface area contributed by atoms with Crippen LogP contribution >= 0.6 is 0 Å². The Morgan fingerprint density at radius 1 is 1.05 bits per heavy atom. The zero-order valence-corrected chi connectivity index (χ0v) is 21.0. The lowest BCUT2D eigenvalue weighted by Gasteiger charge is -2.30. The largest absolute Gasteiger partial charge is 0.349 e. The Morgan fingerprint density at radius 3 is 2.57 bits per heavy atom. The van der Waals surface area contributed by atoms with Gasteiger partial charge in [-0.25, -0.2) is 8.91 Å². The third-order valence-corrected chi connectivity index (χ3v) is 7.31. The lowest BCUT2D eigenvalue weighted by molar-refractivity contribution is 0.0951. The van der Waals surface area contributed by atoms with Gasteiger partial charge < -0.3 is 10.6 Å². The van der Waals surface area contributed by atoms with Gasteiger partial charge in [-0.1, -0.05) is 19.1 Å². The van der Waals surface area contributed by atoms with Crippen molar-refractivity contribution in [2.45, 2.75) is 45.2 Å². The minimum atomic E-state index is -0.193. The summed E-state index contributed by atoms with van der Waals surface area (Å²) in [4.78, 5) is 19.2. The van der Waals surface area contributed by atoms with Gasteiger partial charge in [-0.3, -0.25) is 9.69 Å². The smallest absolute Gasteiger partial charge is 0.251 e. The Labute approximate surface area is 215 Å². The second-order valence-electron chi connectivity index (χ2n) is 10.3. The first kappa shape index (κ1) is 23.6. The monoisotopic (exact) mass is 498 g/mol. The number of halogens is 1. The van der Waals surface area contributed by atoms with Crippen LogP contribution in [0.25, 0.3) is 16.8 Å². The third kappa shape index (κ3) is 5.34. The van der Waals surface area contributed by atoms with Crippen molar-refractivity contribution < 1.29 is 9.18 Å². The molecule has 2 fully saturated rings. The summed E-state index contributed by atoms with van der Waals surface area (Å²) in [5.74, 6) is 0.943. The molecule has 1 aliphatic heterocycles. The Bertz CT molecular complexity index is 1420. The number of piperidine rings is 1. The molecule has 37 heavy (non-hydrogen) atoms. The summed E-state index contributed by atoms with van der Waals surface area (Å²) in [5, 5.41) is 10.7. The Balaban J connectivity index is 1.19. The maximum atomic E-state index is 15.1. The SMILES string of the molecule is CC1CCN(Cc2ccc(-c3cccn4nc(Nc5ccc(C(=O)NC6CC6)cc5)nc34)cc2F)CC1. The van der Waals surface area contributed by atoms with Crippen molar-refractivity contribution in [3.63, 3.8) is 0 Å². The molecule has 2 aromatic heterocycles. The molecule has 7 nitrogen and oxygen atoms in total. The van der Waals surface area contributed by atoms with Crippen LogP contribution in [0.3, 0.4) is 0 Å². The zero-order chi connectivity index (χ0) is 25.4. The zero-order valence-electron chi connectivity index (χ0n) is 21.0. The number of hydrogen-bond acceptors (Lipinski definition) is 5. The van der Waals surface area contributed by atoms with E-state index in [1.165, 1.54) is 12.8 Å². The van der Waals surface area contributed by atoms with Gasteiger partial charge in [-0.15, -0.1) is 5.10 Å². The van der Waals surface area contributed by atoms with Crippen LogP contribution in [0.2, 0.25) is 0 Å². The number of hydrogen-bond donors (Lipinski definition) is 2. The lowest BCUT2D eigenvalue weighted by atomic mass is 9.98. The Hall–Kier alpha value is -3.78. The second-order valence-corrected chi connectivity index (χ2v) is 10.3. The van der Waals surface area contributed by atoms with E-state index in [9.17, 15) is 4.79 Å². The molecular weight excluding hydrogens is 467 g/mol. The van der Waals surface area contributed by atoms with Crippen molar-refractivity contribution in [3.05, 3.63) is 77.7 Å². The molecule has 0 radical (unpaired) electrons. The molecule has 0 atom stereocenters. The highest BCUT2D eigenvalue weighted by molar-refractivity contribution is 5.95. The summed E-state index contributed by atoms with van der Waals surface area (Å²) in [6.07, 6.45) is 6.28. The average Bonchev–Trinajstić information content (AvgIpc) is 3.62. The number of pyridine rings is 1. The lowest BCUT2D eigenvalue weighted by Crippen LogP contribution is -2.32. The fourth-order valence-corrected chi connectivity index (χ4v) is 4.82. The average molecular weight is 499 g/mol. The highest BCUT2D eigenvalue weighted by Gasteiger charge is 2.23. The maximum absolute atomic E-state index is 15.1. The van der Waals surface area contributed by atoms with Crippen molar-refractivity contribution in [2.75, 3.05) is 18.4 Å². The number of likely N-dealkylation sites (tertiary alicyclic amines) is 1. The van der Waals surface area contributed by atoms with E-state index in [1.54, 1.807) is 22.7 Å². The minimum absolute atomic E-state index is 0.0478. The molecule has 3 heterocycles. The molecule has 0 unspecified atom stereocenters. The predicted molar refractivity (Wildman–Crippen MR) is 142 cm³/mol. The fourth-order valence-electron chi connectivity index (χ4n) is 4.82. The third-order valence-electron chi connectivity index (χ3n) is 7.31. The number of benzene rings is 2. The van der Waals surface area contributed by atoms with Gasteiger partial charge in [0.05, 0.1) is 0 Å². The molecule has 190 valence electrons. The molecular formula is C29H31FN6O. The summed E-state index contributed by atoms with van der Waals surface area (Å²) in [6.45, 7) is 4.97. The molecule has 0 bridgehead atoms. The van der Waals surface area contributed by atoms with Crippen molar-refractivity contribution in [1.29, 1.82) is 0 Å². The summed E-state index contributed by atoms with van der Waals surface area (Å²) in [5.41, 5.74) is 4.35. The van der Waals surface area contributed by atoms with Crippen molar-refractivity contribution >= 4 is 23.2 Å². The van der Waals surface area contributed by atoms with Gasteiger partial charge in [-0.2, -0.15) is 4.98 Å². The molecule has 6 rings (SSSR count). The minimum Gasteiger partial charge on any atom is -0.349 e. The second kappa shape index (κ2) is 9.94. The first-order chi connectivity index (χ1) is 18.0. The summed E-state index contributed by atoms with van der Waals surface area (Å²) >= 11 is 0. The molecule has 8 heteroatoms. The number of nitrogens with one attached hydrogen (secondary N) is 2. The Morgan fingerprint density at radius 2 is 1.84 bits per heavy atom. The summed E-state index contributed by atoms with van der Waals surface area (Å²) < 4.78 is 16.8. The highest BCUT2D eigenvalue weighted by atomic mass is 19.1. The number of anilines is 2. The van der Waals surface area contributed by atoms with Crippen molar-refractivity contribution in [2.24, 2.45) is 5.92 Å². The molecule has 2 aromatic carbocycles. The molecule has 1 saturated carbocycles. The van der Waals surface area contributed by atoms with Crippen LogP contribution in [-0.2, 0) is 6.54 Å². The molecule has 1 amide bonds. The van der Waals surface area contributed by atoms with Crippen molar-refractivity contribution in [3.8, 4) is 11.1 Å². The van der Waals surface area contributed by atoms with Gasteiger partial charge in [-0.05, 0) is 92.7 Å². The number of rotatable bonds is 7. The van der Waals surface area contributed by atoms with Crippen LogP contribution in [0.4, 0.5) is 16.0 Å². The number of carbonyl (C=O) groups excluding carboxylic acids is 1.